The summed E-state index contributed by atoms with van der Waals surface area (Å²) in [5.74, 6) is 1.85. The van der Waals surface area contributed by atoms with Crippen molar-refractivity contribution in [1.29, 1.82) is 0 Å². The summed E-state index contributed by atoms with van der Waals surface area (Å²) in [7, 11) is 0. The second kappa shape index (κ2) is 15.4. The maximum Gasteiger partial charge on any atom is 0.164 e. The lowest BCUT2D eigenvalue weighted by Gasteiger charge is -2.16. The van der Waals surface area contributed by atoms with Crippen LogP contribution in [0.15, 0.2) is 231 Å². The highest BCUT2D eigenvalue weighted by atomic mass is 15.0. The van der Waals surface area contributed by atoms with E-state index in [1.54, 1.807) is 0 Å². The van der Waals surface area contributed by atoms with E-state index in [-0.39, 0.29) is 0 Å². The number of hydrogen-bond donors (Lipinski definition) is 0. The van der Waals surface area contributed by atoms with Gasteiger partial charge in [-0.2, -0.15) is 0 Å². The van der Waals surface area contributed by atoms with Crippen LogP contribution in [0.5, 0.6) is 0 Å². The first-order valence-corrected chi connectivity index (χ1v) is 22.4. The van der Waals surface area contributed by atoms with Crippen molar-refractivity contribution in [2.75, 3.05) is 0 Å². The minimum Gasteiger partial charge on any atom is -0.247 e. The molecule has 11 aromatic carbocycles. The van der Waals surface area contributed by atoms with Gasteiger partial charge in [0.05, 0.1) is 11.2 Å². The minimum atomic E-state index is 0.599. The lowest BCUT2D eigenvalue weighted by molar-refractivity contribution is 1.08. The highest BCUT2D eigenvalue weighted by molar-refractivity contribution is 6.22. The molecule has 4 heteroatoms. The zero-order chi connectivity index (χ0) is 43.6. The quantitative estimate of drug-likeness (QED) is 0.157. The highest BCUT2D eigenvalue weighted by Crippen LogP contribution is 2.41. The van der Waals surface area contributed by atoms with Gasteiger partial charge in [-0.25, -0.2) is 19.9 Å². The third-order valence-corrected chi connectivity index (χ3v) is 13.1. The van der Waals surface area contributed by atoms with Gasteiger partial charge < -0.3 is 0 Å². The Kier molecular flexibility index (Phi) is 8.81. The lowest BCUT2D eigenvalue weighted by Crippen LogP contribution is -2.01. The molecule has 2 heterocycles. The standard InChI is InChI=1S/C62H38N4/c1-2-19-43(20-3-1)59-56-34-31-42-18-7-11-27-52(42)58(56)55-33-32-44(38-57(55)63-59)45-35-46(51-28-12-21-39-15-4-8-24-48(39)51)37-47(36-45)60-64-61(53-29-13-22-40-16-5-9-25-49(40)53)66-62(65-60)54-30-14-23-41-17-6-10-26-50(41)54/h1-38H. The van der Waals surface area contributed by atoms with Gasteiger partial charge in [0.25, 0.3) is 0 Å². The molecule has 4 nitrogen and oxygen atoms in total. The Hall–Kier alpha value is -8.86. The van der Waals surface area contributed by atoms with Crippen LogP contribution in [0.2, 0.25) is 0 Å². The van der Waals surface area contributed by atoms with Gasteiger partial charge in [0, 0.05) is 38.4 Å². The van der Waals surface area contributed by atoms with Crippen LogP contribution in [-0.2, 0) is 0 Å². The summed E-state index contributed by atoms with van der Waals surface area (Å²) in [6.45, 7) is 0. The summed E-state index contributed by atoms with van der Waals surface area (Å²) in [4.78, 5) is 21.5. The fraction of sp³-hybridized carbons (Fsp3) is 0. The van der Waals surface area contributed by atoms with Crippen LogP contribution in [0.1, 0.15) is 0 Å². The number of nitrogens with zero attached hydrogens (tertiary/aromatic N) is 4. The van der Waals surface area contributed by atoms with E-state index in [1.807, 2.05) is 0 Å². The predicted molar refractivity (Wildman–Crippen MR) is 275 cm³/mol. The second-order valence-electron chi connectivity index (χ2n) is 17.0. The maximum atomic E-state index is 5.48. The molecule has 0 unspecified atom stereocenters. The molecule has 13 aromatic rings. The summed E-state index contributed by atoms with van der Waals surface area (Å²) in [5, 5.41) is 12.7. The normalized spacial score (nSPS) is 11.6. The summed E-state index contributed by atoms with van der Waals surface area (Å²) < 4.78 is 0. The Morgan fingerprint density at radius 3 is 1.33 bits per heavy atom. The van der Waals surface area contributed by atoms with Crippen LogP contribution in [0.3, 0.4) is 0 Å². The molecule has 0 spiro atoms. The van der Waals surface area contributed by atoms with E-state index in [0.29, 0.717) is 17.5 Å². The van der Waals surface area contributed by atoms with Gasteiger partial charge in [-0.3, -0.25) is 0 Å². The fourth-order valence-electron chi connectivity index (χ4n) is 9.91. The molecule has 0 amide bonds. The van der Waals surface area contributed by atoms with Gasteiger partial charge in [0.15, 0.2) is 17.5 Å². The number of hydrogen-bond acceptors (Lipinski definition) is 4. The molecule has 13 rings (SSSR count). The monoisotopic (exact) mass is 838 g/mol. The van der Waals surface area contributed by atoms with Crippen molar-refractivity contribution in [3.05, 3.63) is 231 Å². The zero-order valence-electron chi connectivity index (χ0n) is 35.7. The van der Waals surface area contributed by atoms with Gasteiger partial charge >= 0.3 is 0 Å². The van der Waals surface area contributed by atoms with Crippen molar-refractivity contribution in [2.24, 2.45) is 0 Å². The first-order chi connectivity index (χ1) is 32.7. The smallest absolute Gasteiger partial charge is 0.164 e. The van der Waals surface area contributed by atoms with Crippen molar-refractivity contribution in [1.82, 2.24) is 19.9 Å². The Bertz CT molecular complexity index is 3950. The average Bonchev–Trinajstić information content (AvgIpc) is 3.39. The number of aromatic nitrogens is 4. The summed E-state index contributed by atoms with van der Waals surface area (Å²) in [6.07, 6.45) is 0. The Morgan fingerprint density at radius 2 is 0.697 bits per heavy atom. The SMILES string of the molecule is c1ccc(-c2nc3cc(-c4cc(-c5nc(-c6cccc7ccccc67)nc(-c6cccc7ccccc67)n5)cc(-c5cccc6ccccc56)c4)ccc3c3c2ccc2ccccc23)cc1. The minimum absolute atomic E-state index is 0.599. The van der Waals surface area contributed by atoms with Crippen LogP contribution >= 0.6 is 0 Å². The van der Waals surface area contributed by atoms with Crippen molar-refractivity contribution in [2.45, 2.75) is 0 Å². The van der Waals surface area contributed by atoms with Gasteiger partial charge in [-0.15, -0.1) is 0 Å². The molecule has 0 saturated carbocycles. The second-order valence-corrected chi connectivity index (χ2v) is 17.0. The third kappa shape index (κ3) is 6.38. The molecule has 0 aliphatic rings. The molecule has 0 aliphatic carbocycles. The topological polar surface area (TPSA) is 51.6 Å². The van der Waals surface area contributed by atoms with E-state index >= 15 is 0 Å². The van der Waals surface area contributed by atoms with Crippen LogP contribution < -0.4 is 0 Å². The van der Waals surface area contributed by atoms with Crippen molar-refractivity contribution < 1.29 is 0 Å². The van der Waals surface area contributed by atoms with Gasteiger partial charge in [-0.05, 0) is 89.6 Å². The van der Waals surface area contributed by atoms with Crippen LogP contribution in [0, 0.1) is 0 Å². The molecule has 0 atom stereocenters. The molecule has 0 aliphatic heterocycles. The molecular formula is C62H38N4. The van der Waals surface area contributed by atoms with E-state index in [4.69, 9.17) is 19.9 Å². The van der Waals surface area contributed by atoms with E-state index in [0.717, 1.165) is 88.0 Å². The Morgan fingerprint density at radius 1 is 0.227 bits per heavy atom. The molecule has 0 fully saturated rings. The van der Waals surface area contributed by atoms with Crippen LogP contribution in [-0.4, -0.2) is 19.9 Å². The molecule has 2 aromatic heterocycles. The maximum absolute atomic E-state index is 5.48. The number of pyridine rings is 1. The van der Waals surface area contributed by atoms with Crippen molar-refractivity contribution in [3.63, 3.8) is 0 Å². The molecule has 0 N–H and O–H groups in total. The molecule has 0 bridgehead atoms. The summed E-state index contributed by atoms with van der Waals surface area (Å²) in [5.41, 5.74) is 10.1. The fourth-order valence-corrected chi connectivity index (χ4v) is 9.91. The third-order valence-electron chi connectivity index (χ3n) is 13.1. The largest absolute Gasteiger partial charge is 0.247 e. The van der Waals surface area contributed by atoms with Crippen molar-refractivity contribution in [3.8, 4) is 67.7 Å². The first kappa shape index (κ1) is 37.7. The van der Waals surface area contributed by atoms with Crippen molar-refractivity contribution >= 4 is 64.8 Å². The number of fused-ring (bicyclic) bond motifs is 8. The number of rotatable bonds is 6. The lowest BCUT2D eigenvalue weighted by atomic mass is 9.91. The Labute approximate surface area is 381 Å². The van der Waals surface area contributed by atoms with Gasteiger partial charge in [0.1, 0.15) is 0 Å². The zero-order valence-corrected chi connectivity index (χ0v) is 35.7. The van der Waals surface area contributed by atoms with E-state index < -0.39 is 0 Å². The molecule has 0 saturated heterocycles. The van der Waals surface area contributed by atoms with Gasteiger partial charge in [0.2, 0.25) is 0 Å². The molecule has 0 radical (unpaired) electrons. The molecular weight excluding hydrogens is 801 g/mol. The average molecular weight is 839 g/mol. The van der Waals surface area contributed by atoms with Crippen LogP contribution in [0.25, 0.3) is 132 Å². The first-order valence-electron chi connectivity index (χ1n) is 22.4. The highest BCUT2D eigenvalue weighted by Gasteiger charge is 2.19. The van der Waals surface area contributed by atoms with E-state index in [1.165, 1.54) is 26.9 Å². The molecule has 306 valence electrons. The Balaban J connectivity index is 1.08. The van der Waals surface area contributed by atoms with E-state index in [2.05, 4.69) is 231 Å². The molecule has 66 heavy (non-hydrogen) atoms. The summed E-state index contributed by atoms with van der Waals surface area (Å²) in [6, 6.07) is 81.8. The summed E-state index contributed by atoms with van der Waals surface area (Å²) >= 11 is 0. The van der Waals surface area contributed by atoms with Gasteiger partial charge in [-0.1, -0.05) is 206 Å². The van der Waals surface area contributed by atoms with Crippen LogP contribution in [0.4, 0.5) is 0 Å². The predicted octanol–water partition coefficient (Wildman–Crippen LogP) is 16.2. The number of benzene rings is 11. The van der Waals surface area contributed by atoms with E-state index in [9.17, 15) is 0 Å².